The van der Waals surface area contributed by atoms with Gasteiger partial charge in [0.25, 0.3) is 5.91 Å². The summed E-state index contributed by atoms with van der Waals surface area (Å²) < 4.78 is 1.59. The Morgan fingerprint density at radius 1 is 1.69 bits per heavy atom. The first-order valence-corrected chi connectivity index (χ1v) is 6.11. The normalized spacial score (nSPS) is 12.9. The zero-order chi connectivity index (χ0) is 11.7. The fourth-order valence-corrected chi connectivity index (χ4v) is 2.11. The summed E-state index contributed by atoms with van der Waals surface area (Å²) in [4.78, 5) is 17.0. The Morgan fingerprint density at radius 2 is 2.44 bits per heavy atom. The maximum absolute atomic E-state index is 12.0. The van der Waals surface area contributed by atoms with Crippen molar-refractivity contribution < 1.29 is 4.79 Å². The van der Waals surface area contributed by atoms with E-state index in [1.165, 1.54) is 11.3 Å². The number of nitrogens with zero attached hydrogens (tertiary/aromatic N) is 3. The van der Waals surface area contributed by atoms with Crippen LogP contribution in [0.25, 0.3) is 4.96 Å². The Hall–Kier alpha value is -1.43. The smallest absolute Gasteiger partial charge is 0.272 e. The van der Waals surface area contributed by atoms with E-state index in [0.29, 0.717) is 5.69 Å². The average molecular weight is 238 g/mol. The number of amides is 1. The molecule has 0 aliphatic rings. The predicted molar refractivity (Wildman–Crippen MR) is 62.8 cm³/mol. The van der Waals surface area contributed by atoms with Crippen molar-refractivity contribution >= 4 is 22.2 Å². The van der Waals surface area contributed by atoms with Crippen LogP contribution in [0.2, 0.25) is 0 Å². The fraction of sp³-hybridized carbons (Fsp3) is 0.500. The van der Waals surface area contributed by atoms with Crippen LogP contribution in [0.4, 0.5) is 0 Å². The van der Waals surface area contributed by atoms with Gasteiger partial charge >= 0.3 is 0 Å². The van der Waals surface area contributed by atoms with E-state index >= 15 is 0 Å². The van der Waals surface area contributed by atoms with E-state index in [0.717, 1.165) is 17.1 Å². The number of rotatable bonds is 3. The lowest BCUT2D eigenvalue weighted by molar-refractivity contribution is 0.0931. The highest BCUT2D eigenvalue weighted by atomic mass is 32.1. The molecule has 0 radical (unpaired) electrons. The Kier molecular flexibility index (Phi) is 2.91. The Labute approximate surface area is 97.5 Å². The number of aromatic nitrogens is 3. The van der Waals surface area contributed by atoms with E-state index in [4.69, 9.17) is 0 Å². The molecule has 0 aliphatic carbocycles. The van der Waals surface area contributed by atoms with Gasteiger partial charge in [-0.1, -0.05) is 18.3 Å². The second kappa shape index (κ2) is 4.21. The SMILES string of the molecule is CCC(C)NC(=O)c1c(C)nc2scnn12. The van der Waals surface area contributed by atoms with E-state index in [2.05, 4.69) is 15.4 Å². The molecule has 0 saturated heterocycles. The van der Waals surface area contributed by atoms with Gasteiger partial charge in [-0.15, -0.1) is 0 Å². The molecular weight excluding hydrogens is 224 g/mol. The van der Waals surface area contributed by atoms with Crippen molar-refractivity contribution in [2.75, 3.05) is 0 Å². The molecule has 2 aromatic heterocycles. The van der Waals surface area contributed by atoms with Crippen LogP contribution in [0.3, 0.4) is 0 Å². The maximum Gasteiger partial charge on any atom is 0.272 e. The highest BCUT2D eigenvalue weighted by Crippen LogP contribution is 2.14. The molecule has 0 spiro atoms. The Balaban J connectivity index is 2.34. The van der Waals surface area contributed by atoms with E-state index in [9.17, 15) is 4.79 Å². The lowest BCUT2D eigenvalue weighted by Crippen LogP contribution is -2.33. The molecule has 1 unspecified atom stereocenters. The van der Waals surface area contributed by atoms with Crippen LogP contribution in [0.1, 0.15) is 36.5 Å². The van der Waals surface area contributed by atoms with Crippen molar-refractivity contribution in [2.45, 2.75) is 33.2 Å². The summed E-state index contributed by atoms with van der Waals surface area (Å²) in [6.07, 6.45) is 0.907. The van der Waals surface area contributed by atoms with Crippen molar-refractivity contribution in [3.05, 3.63) is 16.9 Å². The predicted octanol–water partition coefficient (Wildman–Crippen LogP) is 1.63. The fourth-order valence-electron chi connectivity index (χ4n) is 1.45. The molecule has 0 bridgehead atoms. The molecule has 0 saturated carbocycles. The molecule has 0 fully saturated rings. The number of hydrogen-bond acceptors (Lipinski definition) is 4. The van der Waals surface area contributed by atoms with Crippen molar-refractivity contribution in [3.63, 3.8) is 0 Å². The van der Waals surface area contributed by atoms with Gasteiger partial charge < -0.3 is 5.32 Å². The van der Waals surface area contributed by atoms with Gasteiger partial charge in [0.1, 0.15) is 5.51 Å². The molecule has 0 aliphatic heterocycles. The number of hydrogen-bond donors (Lipinski definition) is 1. The summed E-state index contributed by atoms with van der Waals surface area (Å²) in [7, 11) is 0. The van der Waals surface area contributed by atoms with Crippen LogP contribution >= 0.6 is 11.3 Å². The first-order chi connectivity index (χ1) is 7.63. The number of imidazole rings is 1. The summed E-state index contributed by atoms with van der Waals surface area (Å²) in [5.74, 6) is -0.106. The standard InChI is InChI=1S/C10H14N4OS/c1-4-6(2)12-9(15)8-7(3)13-10-14(8)11-5-16-10/h5-6H,4H2,1-3H3,(H,12,15). The van der Waals surface area contributed by atoms with Crippen LogP contribution in [-0.2, 0) is 0 Å². The molecule has 6 heteroatoms. The molecule has 2 aromatic rings. The molecule has 5 nitrogen and oxygen atoms in total. The van der Waals surface area contributed by atoms with Gasteiger partial charge in [-0.3, -0.25) is 4.79 Å². The third-order valence-electron chi connectivity index (χ3n) is 2.52. The van der Waals surface area contributed by atoms with Crippen molar-refractivity contribution in [3.8, 4) is 0 Å². The first-order valence-electron chi connectivity index (χ1n) is 5.23. The first kappa shape index (κ1) is 11.1. The van der Waals surface area contributed by atoms with Gasteiger partial charge in [-0.2, -0.15) is 9.61 Å². The Bertz CT molecular complexity index is 516. The zero-order valence-corrected chi connectivity index (χ0v) is 10.3. The molecule has 1 amide bonds. The number of carbonyl (C=O) groups excluding carboxylic acids is 1. The second-order valence-corrected chi connectivity index (χ2v) is 4.57. The van der Waals surface area contributed by atoms with Crippen LogP contribution in [0.5, 0.6) is 0 Å². The average Bonchev–Trinajstić information content (AvgIpc) is 2.76. The van der Waals surface area contributed by atoms with Crippen molar-refractivity contribution in [1.29, 1.82) is 0 Å². The van der Waals surface area contributed by atoms with Gasteiger partial charge in [0.05, 0.1) is 5.69 Å². The van der Waals surface area contributed by atoms with Crippen molar-refractivity contribution in [1.82, 2.24) is 19.9 Å². The number of carbonyl (C=O) groups is 1. The van der Waals surface area contributed by atoms with Crippen LogP contribution in [0.15, 0.2) is 5.51 Å². The summed E-state index contributed by atoms with van der Waals surface area (Å²) in [6, 6.07) is 0.163. The summed E-state index contributed by atoms with van der Waals surface area (Å²) in [6.45, 7) is 5.84. The van der Waals surface area contributed by atoms with Gasteiger partial charge in [0.2, 0.25) is 4.96 Å². The topological polar surface area (TPSA) is 59.3 Å². The molecule has 1 atom stereocenters. The van der Waals surface area contributed by atoms with E-state index in [-0.39, 0.29) is 11.9 Å². The molecule has 2 rings (SSSR count). The van der Waals surface area contributed by atoms with Crippen molar-refractivity contribution in [2.24, 2.45) is 0 Å². The third-order valence-corrected chi connectivity index (χ3v) is 3.20. The molecule has 1 N–H and O–H groups in total. The molecule has 86 valence electrons. The number of fused-ring (bicyclic) bond motifs is 1. The summed E-state index contributed by atoms with van der Waals surface area (Å²) in [5.41, 5.74) is 2.94. The third kappa shape index (κ3) is 1.80. The zero-order valence-electron chi connectivity index (χ0n) is 9.52. The van der Waals surface area contributed by atoms with Gasteiger partial charge in [0.15, 0.2) is 5.69 Å². The van der Waals surface area contributed by atoms with Gasteiger partial charge in [-0.05, 0) is 20.3 Å². The highest BCUT2D eigenvalue weighted by molar-refractivity contribution is 7.14. The summed E-state index contributed by atoms with van der Waals surface area (Å²) in [5, 5.41) is 7.03. The minimum atomic E-state index is -0.106. The second-order valence-electron chi connectivity index (χ2n) is 3.76. The Morgan fingerprint density at radius 3 is 3.12 bits per heavy atom. The highest BCUT2D eigenvalue weighted by Gasteiger charge is 2.19. The summed E-state index contributed by atoms with van der Waals surface area (Å²) >= 11 is 1.43. The van der Waals surface area contributed by atoms with E-state index < -0.39 is 0 Å². The largest absolute Gasteiger partial charge is 0.348 e. The quantitative estimate of drug-likeness (QED) is 0.884. The van der Waals surface area contributed by atoms with Gasteiger partial charge in [0, 0.05) is 6.04 Å². The van der Waals surface area contributed by atoms with E-state index in [1.807, 2.05) is 20.8 Å². The van der Waals surface area contributed by atoms with Crippen LogP contribution < -0.4 is 5.32 Å². The molecular formula is C10H14N4OS. The van der Waals surface area contributed by atoms with Crippen LogP contribution in [0, 0.1) is 6.92 Å². The lowest BCUT2D eigenvalue weighted by Gasteiger charge is -2.10. The molecule has 16 heavy (non-hydrogen) atoms. The monoisotopic (exact) mass is 238 g/mol. The lowest BCUT2D eigenvalue weighted by atomic mass is 10.2. The molecule has 0 aromatic carbocycles. The number of aryl methyl sites for hydroxylation is 1. The maximum atomic E-state index is 12.0. The molecule has 2 heterocycles. The van der Waals surface area contributed by atoms with Gasteiger partial charge in [-0.25, -0.2) is 4.98 Å². The van der Waals surface area contributed by atoms with Crippen LogP contribution in [-0.4, -0.2) is 26.5 Å². The number of nitrogens with one attached hydrogen (secondary N) is 1. The minimum absolute atomic E-state index is 0.106. The minimum Gasteiger partial charge on any atom is -0.348 e. The van der Waals surface area contributed by atoms with E-state index in [1.54, 1.807) is 10.0 Å².